The number of nitrogens with one attached hydrogen (secondary N) is 1. The molecule has 1 aliphatic heterocycles. The molecule has 0 amide bonds. The van der Waals surface area contributed by atoms with Crippen molar-refractivity contribution < 1.29 is 4.39 Å². The van der Waals surface area contributed by atoms with E-state index in [-0.39, 0.29) is 11.9 Å². The van der Waals surface area contributed by atoms with E-state index in [1.165, 1.54) is 12.1 Å². The number of rotatable bonds is 5. The molecule has 1 aromatic heterocycles. The molecule has 0 bridgehead atoms. The van der Waals surface area contributed by atoms with Crippen LogP contribution < -0.4 is 5.32 Å². The maximum atomic E-state index is 13.5. The molecule has 7 heteroatoms. The van der Waals surface area contributed by atoms with Crippen molar-refractivity contribution in [2.75, 3.05) is 19.6 Å². The Hall–Kier alpha value is -2.64. The Labute approximate surface area is 158 Å². The first-order valence-electron chi connectivity index (χ1n) is 9.23. The third-order valence-corrected chi connectivity index (χ3v) is 4.93. The Bertz CT molecular complexity index is 864. The maximum Gasteiger partial charge on any atom is 0.173 e. The van der Waals surface area contributed by atoms with Gasteiger partial charge < -0.3 is 5.32 Å². The van der Waals surface area contributed by atoms with E-state index in [1.54, 1.807) is 0 Å². The molecule has 1 saturated heterocycles. The van der Waals surface area contributed by atoms with E-state index in [9.17, 15) is 4.39 Å². The van der Waals surface area contributed by atoms with Crippen molar-refractivity contribution in [1.82, 2.24) is 30.4 Å². The number of aromatic nitrogens is 4. The molecule has 0 aliphatic carbocycles. The van der Waals surface area contributed by atoms with E-state index in [4.69, 9.17) is 0 Å². The van der Waals surface area contributed by atoms with Crippen molar-refractivity contribution in [3.05, 3.63) is 77.4 Å². The van der Waals surface area contributed by atoms with Gasteiger partial charge in [-0.2, -0.15) is 0 Å². The minimum absolute atomic E-state index is 0.117. The first-order valence-corrected chi connectivity index (χ1v) is 9.23. The molecule has 3 aromatic rings. The van der Waals surface area contributed by atoms with Gasteiger partial charge in [-0.15, -0.1) is 5.10 Å². The molecule has 1 fully saturated rings. The molecular formula is C20H23FN6. The lowest BCUT2D eigenvalue weighted by Gasteiger charge is -2.37. The Morgan fingerprint density at radius 1 is 1.15 bits per heavy atom. The van der Waals surface area contributed by atoms with Crippen molar-refractivity contribution in [1.29, 1.82) is 0 Å². The number of tetrazole rings is 1. The Morgan fingerprint density at radius 3 is 2.67 bits per heavy atom. The highest BCUT2D eigenvalue weighted by atomic mass is 19.1. The highest BCUT2D eigenvalue weighted by molar-refractivity contribution is 5.26. The van der Waals surface area contributed by atoms with Crippen molar-refractivity contribution >= 4 is 0 Å². The fraction of sp³-hybridized carbons (Fsp3) is 0.350. The molecule has 0 saturated carbocycles. The summed E-state index contributed by atoms with van der Waals surface area (Å²) in [5.74, 6) is 0.537. The van der Waals surface area contributed by atoms with E-state index in [0.29, 0.717) is 12.6 Å². The fourth-order valence-electron chi connectivity index (χ4n) is 3.64. The molecule has 1 aliphatic rings. The molecule has 2 atom stereocenters. The first-order chi connectivity index (χ1) is 13.2. The standard InChI is InChI=1S/C20H23FN6/c1-15-13-26(12-11-22-15)19(17-7-9-18(21)10-8-17)20-23-24-25-27(20)14-16-5-3-2-4-6-16/h2-10,15,19,22H,11-14H2,1H3/t15-,19?/m1/s1. The summed E-state index contributed by atoms with van der Waals surface area (Å²) < 4.78 is 15.3. The molecular weight excluding hydrogens is 343 g/mol. The van der Waals surface area contributed by atoms with E-state index in [0.717, 1.165) is 36.6 Å². The predicted molar refractivity (Wildman–Crippen MR) is 101 cm³/mol. The van der Waals surface area contributed by atoms with Gasteiger partial charge in [0.25, 0.3) is 0 Å². The fourth-order valence-corrected chi connectivity index (χ4v) is 3.64. The van der Waals surface area contributed by atoms with Crippen LogP contribution >= 0.6 is 0 Å². The average Bonchev–Trinajstić information content (AvgIpc) is 3.12. The third-order valence-electron chi connectivity index (χ3n) is 4.93. The van der Waals surface area contributed by atoms with E-state index < -0.39 is 0 Å². The van der Waals surface area contributed by atoms with Crippen LogP contribution in [0.3, 0.4) is 0 Å². The van der Waals surface area contributed by atoms with Crippen molar-refractivity contribution in [2.45, 2.75) is 25.6 Å². The summed E-state index contributed by atoms with van der Waals surface area (Å²) >= 11 is 0. The van der Waals surface area contributed by atoms with Crippen LogP contribution in [0.4, 0.5) is 4.39 Å². The van der Waals surface area contributed by atoms with Crippen LogP contribution in [0, 0.1) is 5.82 Å². The van der Waals surface area contributed by atoms with Crippen molar-refractivity contribution in [3.63, 3.8) is 0 Å². The number of hydrogen-bond acceptors (Lipinski definition) is 5. The monoisotopic (exact) mass is 366 g/mol. The van der Waals surface area contributed by atoms with Gasteiger partial charge in [-0.25, -0.2) is 9.07 Å². The maximum absolute atomic E-state index is 13.5. The molecule has 2 aromatic carbocycles. The van der Waals surface area contributed by atoms with Crippen LogP contribution in [0.5, 0.6) is 0 Å². The summed E-state index contributed by atoms with van der Waals surface area (Å²) in [5, 5.41) is 16.0. The average molecular weight is 366 g/mol. The summed E-state index contributed by atoms with van der Waals surface area (Å²) in [6, 6.07) is 17.0. The van der Waals surface area contributed by atoms with E-state index in [2.05, 4.69) is 44.8 Å². The predicted octanol–water partition coefficient (Wildman–Crippen LogP) is 2.24. The second-order valence-corrected chi connectivity index (χ2v) is 6.98. The lowest BCUT2D eigenvalue weighted by molar-refractivity contribution is 0.161. The van der Waals surface area contributed by atoms with Crippen LogP contribution in [-0.2, 0) is 6.54 Å². The largest absolute Gasteiger partial charge is 0.312 e. The third kappa shape index (κ3) is 4.04. The number of piperazine rings is 1. The highest BCUT2D eigenvalue weighted by Crippen LogP contribution is 2.28. The number of nitrogens with zero attached hydrogens (tertiary/aromatic N) is 5. The van der Waals surface area contributed by atoms with Gasteiger partial charge in [-0.05, 0) is 40.6 Å². The zero-order valence-corrected chi connectivity index (χ0v) is 15.3. The van der Waals surface area contributed by atoms with Gasteiger partial charge in [0.2, 0.25) is 0 Å². The zero-order valence-electron chi connectivity index (χ0n) is 15.3. The van der Waals surface area contributed by atoms with Gasteiger partial charge >= 0.3 is 0 Å². The van der Waals surface area contributed by atoms with E-state index in [1.807, 2.05) is 35.0 Å². The second kappa shape index (κ2) is 7.94. The Balaban J connectivity index is 1.70. The highest BCUT2D eigenvalue weighted by Gasteiger charge is 2.30. The van der Waals surface area contributed by atoms with Gasteiger partial charge in [0.15, 0.2) is 5.82 Å². The van der Waals surface area contributed by atoms with Crippen LogP contribution in [0.15, 0.2) is 54.6 Å². The van der Waals surface area contributed by atoms with Crippen molar-refractivity contribution in [3.8, 4) is 0 Å². The number of benzene rings is 2. The van der Waals surface area contributed by atoms with Crippen LogP contribution in [0.25, 0.3) is 0 Å². The summed E-state index contributed by atoms with van der Waals surface area (Å²) in [6.07, 6.45) is 0. The number of hydrogen-bond donors (Lipinski definition) is 1. The normalized spacial score (nSPS) is 19.1. The van der Waals surface area contributed by atoms with Gasteiger partial charge in [-0.3, -0.25) is 4.90 Å². The molecule has 1 unspecified atom stereocenters. The Morgan fingerprint density at radius 2 is 1.93 bits per heavy atom. The molecule has 0 spiro atoms. The lowest BCUT2D eigenvalue weighted by Crippen LogP contribution is -2.50. The molecule has 6 nitrogen and oxygen atoms in total. The molecule has 0 radical (unpaired) electrons. The zero-order chi connectivity index (χ0) is 18.6. The SMILES string of the molecule is C[C@@H]1CN(C(c2ccc(F)cc2)c2nnnn2Cc2ccccc2)CCN1. The summed E-state index contributed by atoms with van der Waals surface area (Å²) in [4.78, 5) is 2.36. The molecule has 4 rings (SSSR count). The minimum Gasteiger partial charge on any atom is -0.312 e. The lowest BCUT2D eigenvalue weighted by atomic mass is 10.0. The van der Waals surface area contributed by atoms with E-state index >= 15 is 0 Å². The van der Waals surface area contributed by atoms with Crippen molar-refractivity contribution in [2.24, 2.45) is 0 Å². The summed E-state index contributed by atoms with van der Waals surface area (Å²) in [5.41, 5.74) is 2.13. The van der Waals surface area contributed by atoms with Crippen LogP contribution in [0.2, 0.25) is 0 Å². The van der Waals surface area contributed by atoms with Gasteiger partial charge in [0.05, 0.1) is 12.6 Å². The van der Waals surface area contributed by atoms with Gasteiger partial charge in [-0.1, -0.05) is 42.5 Å². The molecule has 1 N–H and O–H groups in total. The van der Waals surface area contributed by atoms with Crippen LogP contribution in [0.1, 0.15) is 29.9 Å². The van der Waals surface area contributed by atoms with Crippen LogP contribution in [-0.4, -0.2) is 50.8 Å². The Kier molecular flexibility index (Phi) is 5.22. The molecule has 2 heterocycles. The topological polar surface area (TPSA) is 58.9 Å². The van der Waals surface area contributed by atoms with Gasteiger partial charge in [0, 0.05) is 25.7 Å². The summed E-state index contributed by atoms with van der Waals surface area (Å²) in [7, 11) is 0. The van der Waals surface area contributed by atoms with Gasteiger partial charge in [0.1, 0.15) is 5.82 Å². The second-order valence-electron chi connectivity index (χ2n) is 6.98. The first kappa shape index (κ1) is 17.8. The summed E-state index contributed by atoms with van der Waals surface area (Å²) in [6.45, 7) is 5.42. The molecule has 140 valence electrons. The smallest absolute Gasteiger partial charge is 0.173 e. The number of halogens is 1. The quantitative estimate of drug-likeness (QED) is 0.751. The molecule has 27 heavy (non-hydrogen) atoms. The minimum atomic E-state index is -0.241.